The first-order chi connectivity index (χ1) is 12.6. The Kier molecular flexibility index (Phi) is 5.31. The fourth-order valence-electron chi connectivity index (χ4n) is 3.13. The van der Waals surface area contributed by atoms with Crippen molar-refractivity contribution in [3.8, 4) is 0 Å². The minimum absolute atomic E-state index is 0.0866. The highest BCUT2D eigenvalue weighted by molar-refractivity contribution is 7.89. The van der Waals surface area contributed by atoms with Crippen LogP contribution in [0.3, 0.4) is 0 Å². The van der Waals surface area contributed by atoms with E-state index >= 15 is 0 Å². The molecule has 1 atom stereocenters. The Hall–Kier alpha value is -1.93. The van der Waals surface area contributed by atoms with Crippen LogP contribution in [0, 0.1) is 0 Å². The Labute approximate surface area is 160 Å². The van der Waals surface area contributed by atoms with Gasteiger partial charge in [0.05, 0.1) is 11.3 Å². The lowest BCUT2D eigenvalue weighted by molar-refractivity contribution is -0.131. The second kappa shape index (κ2) is 7.24. The lowest BCUT2D eigenvalue weighted by atomic mass is 9.87. The van der Waals surface area contributed by atoms with E-state index in [4.69, 9.17) is 0 Å². The van der Waals surface area contributed by atoms with Crippen LogP contribution in [0.5, 0.6) is 0 Å². The third-order valence-corrected chi connectivity index (χ3v) is 6.85. The maximum atomic E-state index is 13.1. The summed E-state index contributed by atoms with van der Waals surface area (Å²) in [6.45, 7) is 6.55. The Morgan fingerprint density at radius 3 is 2.41 bits per heavy atom. The molecule has 148 valence electrons. The number of benzene rings is 1. The average molecular weight is 394 g/mol. The van der Waals surface area contributed by atoms with E-state index in [2.05, 4.69) is 31.4 Å². The standard InChI is InChI=1S/C19H27N3O4S/c1-19(2,3)13-4-8-15(9-5-13)27(25,26)22-11-10-20-18(24)16(22)12-17(23)21-14-6-7-14/h4-5,8-9,14,16H,6-7,10-12H2,1-3H3,(H,20,24)(H,21,23)/t16-/m0/s1. The number of carbonyl (C=O) groups is 2. The van der Waals surface area contributed by atoms with Gasteiger partial charge in [0.15, 0.2) is 0 Å². The van der Waals surface area contributed by atoms with Crippen LogP contribution in [0.15, 0.2) is 29.2 Å². The van der Waals surface area contributed by atoms with Crippen LogP contribution in [0.4, 0.5) is 0 Å². The summed E-state index contributed by atoms with van der Waals surface area (Å²) in [6, 6.07) is 5.88. The highest BCUT2D eigenvalue weighted by Gasteiger charge is 2.40. The largest absolute Gasteiger partial charge is 0.353 e. The smallest absolute Gasteiger partial charge is 0.243 e. The molecule has 1 aliphatic carbocycles. The van der Waals surface area contributed by atoms with E-state index in [9.17, 15) is 18.0 Å². The van der Waals surface area contributed by atoms with Crippen LogP contribution in [-0.4, -0.2) is 49.7 Å². The number of nitrogens with one attached hydrogen (secondary N) is 2. The molecule has 0 spiro atoms. The van der Waals surface area contributed by atoms with Gasteiger partial charge in [-0.05, 0) is 36.0 Å². The molecule has 27 heavy (non-hydrogen) atoms. The van der Waals surface area contributed by atoms with Crippen molar-refractivity contribution in [2.24, 2.45) is 0 Å². The molecule has 2 N–H and O–H groups in total. The molecule has 2 aliphatic rings. The van der Waals surface area contributed by atoms with Gasteiger partial charge in [-0.2, -0.15) is 4.31 Å². The fourth-order valence-corrected chi connectivity index (χ4v) is 4.72. The zero-order chi connectivity index (χ0) is 19.8. The van der Waals surface area contributed by atoms with Gasteiger partial charge in [0.1, 0.15) is 6.04 Å². The first-order valence-electron chi connectivity index (χ1n) is 9.28. The SMILES string of the molecule is CC(C)(C)c1ccc(S(=O)(=O)N2CCNC(=O)[C@@H]2CC(=O)NC2CC2)cc1. The Bertz CT molecular complexity index is 824. The van der Waals surface area contributed by atoms with E-state index < -0.39 is 22.0 Å². The van der Waals surface area contributed by atoms with Crippen molar-refractivity contribution < 1.29 is 18.0 Å². The molecule has 2 amide bonds. The van der Waals surface area contributed by atoms with Gasteiger partial charge in [-0.15, -0.1) is 0 Å². The predicted octanol–water partition coefficient (Wildman–Crippen LogP) is 1.14. The number of piperazine rings is 1. The number of amides is 2. The molecule has 7 nitrogen and oxygen atoms in total. The topological polar surface area (TPSA) is 95.6 Å². The average Bonchev–Trinajstić information content (AvgIpc) is 3.39. The zero-order valence-corrected chi connectivity index (χ0v) is 16.8. The Morgan fingerprint density at radius 2 is 1.85 bits per heavy atom. The minimum atomic E-state index is -3.87. The van der Waals surface area contributed by atoms with E-state index in [0.717, 1.165) is 22.7 Å². The fraction of sp³-hybridized carbons (Fsp3) is 0.579. The van der Waals surface area contributed by atoms with Gasteiger partial charge in [0.2, 0.25) is 21.8 Å². The van der Waals surface area contributed by atoms with Gasteiger partial charge in [-0.1, -0.05) is 32.9 Å². The lowest BCUT2D eigenvalue weighted by Crippen LogP contribution is -2.58. The monoisotopic (exact) mass is 393 g/mol. The molecule has 0 unspecified atom stereocenters. The second-order valence-corrected chi connectivity index (χ2v) is 10.1. The third kappa shape index (κ3) is 4.50. The first kappa shape index (κ1) is 19.8. The number of hydrogen-bond donors (Lipinski definition) is 2. The summed E-state index contributed by atoms with van der Waals surface area (Å²) in [5.74, 6) is -0.718. The maximum Gasteiger partial charge on any atom is 0.243 e. The number of hydrogen-bond acceptors (Lipinski definition) is 4. The number of sulfonamides is 1. The highest BCUT2D eigenvalue weighted by atomic mass is 32.2. The summed E-state index contributed by atoms with van der Waals surface area (Å²) in [5, 5.41) is 5.48. The van der Waals surface area contributed by atoms with Crippen molar-refractivity contribution in [3.63, 3.8) is 0 Å². The molecule has 1 aromatic carbocycles. The zero-order valence-electron chi connectivity index (χ0n) is 16.0. The van der Waals surface area contributed by atoms with Crippen LogP contribution in [0.25, 0.3) is 0 Å². The van der Waals surface area contributed by atoms with Crippen molar-refractivity contribution in [1.29, 1.82) is 0 Å². The molecule has 1 aliphatic heterocycles. The first-order valence-corrected chi connectivity index (χ1v) is 10.7. The van der Waals surface area contributed by atoms with Crippen molar-refractivity contribution in [1.82, 2.24) is 14.9 Å². The minimum Gasteiger partial charge on any atom is -0.353 e. The number of rotatable bonds is 5. The summed E-state index contributed by atoms with van der Waals surface area (Å²) in [6.07, 6.45) is 1.71. The molecule has 1 aromatic rings. The highest BCUT2D eigenvalue weighted by Crippen LogP contribution is 2.26. The van der Waals surface area contributed by atoms with Crippen molar-refractivity contribution in [3.05, 3.63) is 29.8 Å². The predicted molar refractivity (Wildman–Crippen MR) is 102 cm³/mol. The second-order valence-electron chi connectivity index (χ2n) is 8.24. The summed E-state index contributed by atoms with van der Waals surface area (Å²) < 4.78 is 27.4. The third-order valence-electron chi connectivity index (χ3n) is 4.93. The van der Waals surface area contributed by atoms with Crippen LogP contribution >= 0.6 is 0 Å². The van der Waals surface area contributed by atoms with Crippen LogP contribution in [0.1, 0.15) is 45.6 Å². The summed E-state index contributed by atoms with van der Waals surface area (Å²) in [5.41, 5.74) is 0.940. The number of nitrogens with zero attached hydrogens (tertiary/aromatic N) is 1. The molecule has 0 radical (unpaired) electrons. The summed E-state index contributed by atoms with van der Waals surface area (Å²) in [7, 11) is -3.87. The van der Waals surface area contributed by atoms with E-state index in [0.29, 0.717) is 0 Å². The van der Waals surface area contributed by atoms with E-state index in [1.807, 2.05) is 0 Å². The van der Waals surface area contributed by atoms with Crippen molar-refractivity contribution >= 4 is 21.8 Å². The van der Waals surface area contributed by atoms with Crippen LogP contribution in [0.2, 0.25) is 0 Å². The molecule has 1 heterocycles. The van der Waals surface area contributed by atoms with Crippen LogP contribution < -0.4 is 10.6 Å². The molecule has 1 saturated heterocycles. The summed E-state index contributed by atoms with van der Waals surface area (Å²) in [4.78, 5) is 24.6. The van der Waals surface area contributed by atoms with Crippen molar-refractivity contribution in [2.75, 3.05) is 13.1 Å². The molecule has 2 fully saturated rings. The molecule has 0 aromatic heterocycles. The van der Waals surface area contributed by atoms with E-state index in [1.54, 1.807) is 24.3 Å². The van der Waals surface area contributed by atoms with Crippen molar-refractivity contribution in [2.45, 2.75) is 62.4 Å². The quantitative estimate of drug-likeness (QED) is 0.784. The normalized spacial score (nSPS) is 21.6. The number of carbonyl (C=O) groups excluding carboxylic acids is 2. The van der Waals surface area contributed by atoms with Gasteiger partial charge in [-0.3, -0.25) is 9.59 Å². The lowest BCUT2D eigenvalue weighted by Gasteiger charge is -2.33. The molecule has 0 bridgehead atoms. The molecule has 3 rings (SSSR count). The molecule has 8 heteroatoms. The van der Waals surface area contributed by atoms with Gasteiger partial charge in [0.25, 0.3) is 0 Å². The van der Waals surface area contributed by atoms with Crippen LogP contribution in [-0.2, 0) is 25.0 Å². The van der Waals surface area contributed by atoms with Gasteiger partial charge in [-0.25, -0.2) is 8.42 Å². The maximum absolute atomic E-state index is 13.1. The Balaban J connectivity index is 1.83. The Morgan fingerprint density at radius 1 is 1.22 bits per heavy atom. The summed E-state index contributed by atoms with van der Waals surface area (Å²) >= 11 is 0. The van der Waals surface area contributed by atoms with Gasteiger partial charge in [0, 0.05) is 19.1 Å². The van der Waals surface area contributed by atoms with E-state index in [1.165, 1.54) is 0 Å². The molecule has 1 saturated carbocycles. The van der Waals surface area contributed by atoms with Gasteiger partial charge < -0.3 is 10.6 Å². The van der Waals surface area contributed by atoms with Gasteiger partial charge >= 0.3 is 0 Å². The molecular formula is C19H27N3O4S. The molecular weight excluding hydrogens is 366 g/mol. The van der Waals surface area contributed by atoms with E-state index in [-0.39, 0.29) is 41.8 Å².